The van der Waals surface area contributed by atoms with E-state index >= 15 is 0 Å². The normalized spacial score (nSPS) is 10.2. The van der Waals surface area contributed by atoms with Crippen molar-refractivity contribution in [3.8, 4) is 17.6 Å². The molecular formula is C23H16N4O2S. The van der Waals surface area contributed by atoms with Gasteiger partial charge in [-0.1, -0.05) is 35.6 Å². The predicted molar refractivity (Wildman–Crippen MR) is 117 cm³/mol. The van der Waals surface area contributed by atoms with E-state index in [1.807, 2.05) is 36.4 Å². The van der Waals surface area contributed by atoms with E-state index in [1.165, 1.54) is 11.3 Å². The fraction of sp³-hybridized carbons (Fsp3) is 0. The van der Waals surface area contributed by atoms with Gasteiger partial charge in [-0.15, -0.1) is 0 Å². The van der Waals surface area contributed by atoms with Gasteiger partial charge < -0.3 is 15.8 Å². The van der Waals surface area contributed by atoms with Gasteiger partial charge in [-0.3, -0.25) is 4.79 Å². The number of nitrogens with one attached hydrogen (secondary N) is 1. The average molecular weight is 412 g/mol. The monoisotopic (exact) mass is 412 g/mol. The Labute approximate surface area is 177 Å². The SMILES string of the molecule is N#Cc1cccc(Nc2nc(N)c(C(=O)c3ccc(Oc4ccccc4)cc3)s2)c1. The van der Waals surface area contributed by atoms with Crippen LogP contribution in [0.3, 0.4) is 0 Å². The summed E-state index contributed by atoms with van der Waals surface area (Å²) in [6.45, 7) is 0. The Bertz CT molecular complexity index is 1230. The predicted octanol–water partition coefficient (Wildman–Crippen LogP) is 5.36. The topological polar surface area (TPSA) is 101 Å². The lowest BCUT2D eigenvalue weighted by molar-refractivity contribution is 0.104. The lowest BCUT2D eigenvalue weighted by atomic mass is 10.1. The average Bonchev–Trinajstić information content (AvgIpc) is 3.14. The van der Waals surface area contributed by atoms with Crippen LogP contribution in [0.1, 0.15) is 20.8 Å². The minimum Gasteiger partial charge on any atom is -0.457 e. The van der Waals surface area contributed by atoms with E-state index in [-0.39, 0.29) is 11.6 Å². The van der Waals surface area contributed by atoms with E-state index in [9.17, 15) is 4.79 Å². The minimum absolute atomic E-state index is 0.161. The molecule has 7 heteroatoms. The van der Waals surface area contributed by atoms with Gasteiger partial charge in [-0.05, 0) is 54.6 Å². The Morgan fingerprint density at radius 1 is 1.00 bits per heavy atom. The maximum Gasteiger partial charge on any atom is 0.206 e. The highest BCUT2D eigenvalue weighted by molar-refractivity contribution is 7.18. The van der Waals surface area contributed by atoms with Crippen LogP contribution in [0.2, 0.25) is 0 Å². The summed E-state index contributed by atoms with van der Waals surface area (Å²) in [5, 5.41) is 12.6. The number of nitrogens with zero attached hydrogens (tertiary/aromatic N) is 2. The Kier molecular flexibility index (Phi) is 5.42. The van der Waals surface area contributed by atoms with Crippen LogP contribution in [-0.2, 0) is 0 Å². The second-order valence-electron chi connectivity index (χ2n) is 6.32. The van der Waals surface area contributed by atoms with Crippen LogP contribution >= 0.6 is 11.3 Å². The maximum absolute atomic E-state index is 12.9. The molecule has 0 aliphatic heterocycles. The summed E-state index contributed by atoms with van der Waals surface area (Å²) in [6, 6.07) is 25.4. The number of carbonyl (C=O) groups excluding carboxylic acids is 1. The van der Waals surface area contributed by atoms with Crippen LogP contribution in [-0.4, -0.2) is 10.8 Å². The molecule has 4 rings (SSSR count). The first kappa shape index (κ1) is 19.2. The number of ketones is 1. The van der Waals surface area contributed by atoms with Gasteiger partial charge in [0.1, 0.15) is 22.2 Å². The van der Waals surface area contributed by atoms with Gasteiger partial charge in [0.15, 0.2) is 5.13 Å². The summed E-state index contributed by atoms with van der Waals surface area (Å²) >= 11 is 1.17. The number of hydrogen-bond acceptors (Lipinski definition) is 7. The van der Waals surface area contributed by atoms with Crippen molar-refractivity contribution in [3.05, 3.63) is 94.9 Å². The molecule has 4 aromatic rings. The molecule has 0 unspecified atom stereocenters. The third-order valence-corrected chi connectivity index (χ3v) is 5.18. The molecule has 3 aromatic carbocycles. The molecule has 0 fully saturated rings. The molecule has 146 valence electrons. The number of nitriles is 1. The number of hydrogen-bond donors (Lipinski definition) is 2. The van der Waals surface area contributed by atoms with Crippen LogP contribution in [0.4, 0.5) is 16.6 Å². The molecule has 3 N–H and O–H groups in total. The first-order valence-corrected chi connectivity index (χ1v) is 9.85. The number of aromatic nitrogens is 1. The highest BCUT2D eigenvalue weighted by Gasteiger charge is 2.18. The Morgan fingerprint density at radius 2 is 1.73 bits per heavy atom. The zero-order valence-corrected chi connectivity index (χ0v) is 16.5. The summed E-state index contributed by atoms with van der Waals surface area (Å²) in [6.07, 6.45) is 0. The van der Waals surface area contributed by atoms with E-state index in [0.717, 1.165) is 5.75 Å². The quantitative estimate of drug-likeness (QED) is 0.413. The molecule has 0 saturated heterocycles. The summed E-state index contributed by atoms with van der Waals surface area (Å²) in [5.41, 5.74) is 7.70. The van der Waals surface area contributed by atoms with Crippen molar-refractivity contribution in [3.63, 3.8) is 0 Å². The van der Waals surface area contributed by atoms with E-state index in [4.69, 9.17) is 15.7 Å². The van der Waals surface area contributed by atoms with Crippen molar-refractivity contribution in [1.29, 1.82) is 5.26 Å². The van der Waals surface area contributed by atoms with Crippen molar-refractivity contribution >= 4 is 33.8 Å². The third-order valence-electron chi connectivity index (χ3n) is 4.20. The first-order chi connectivity index (χ1) is 14.6. The van der Waals surface area contributed by atoms with Gasteiger partial charge in [-0.2, -0.15) is 5.26 Å². The van der Waals surface area contributed by atoms with Crippen molar-refractivity contribution in [1.82, 2.24) is 4.98 Å². The number of ether oxygens (including phenoxy) is 1. The van der Waals surface area contributed by atoms with Crippen molar-refractivity contribution < 1.29 is 9.53 Å². The number of carbonyl (C=O) groups is 1. The number of para-hydroxylation sites is 1. The fourth-order valence-electron chi connectivity index (χ4n) is 2.77. The van der Waals surface area contributed by atoms with Gasteiger partial charge in [0.25, 0.3) is 0 Å². The molecule has 0 bridgehead atoms. The third kappa shape index (κ3) is 4.29. The molecule has 0 aliphatic rings. The van der Waals surface area contributed by atoms with E-state index < -0.39 is 0 Å². The number of anilines is 3. The Hall–Kier alpha value is -4.15. The van der Waals surface area contributed by atoms with E-state index in [0.29, 0.717) is 32.6 Å². The van der Waals surface area contributed by atoms with Gasteiger partial charge in [0.05, 0.1) is 11.6 Å². The lowest BCUT2D eigenvalue weighted by Crippen LogP contribution is -2.02. The van der Waals surface area contributed by atoms with Crippen molar-refractivity contribution in [2.75, 3.05) is 11.1 Å². The number of nitrogen functional groups attached to an aromatic ring is 1. The van der Waals surface area contributed by atoms with Crippen LogP contribution in [0.25, 0.3) is 0 Å². The summed E-state index contributed by atoms with van der Waals surface area (Å²) < 4.78 is 5.75. The standard InChI is InChI=1S/C23H16N4O2S/c24-14-15-5-4-6-17(13-15)26-23-27-22(25)21(30-23)20(28)16-9-11-19(12-10-16)29-18-7-2-1-3-8-18/h1-13H,25H2,(H,26,27). The van der Waals surface area contributed by atoms with E-state index in [1.54, 1.807) is 42.5 Å². The largest absolute Gasteiger partial charge is 0.457 e. The molecule has 0 spiro atoms. The highest BCUT2D eigenvalue weighted by atomic mass is 32.1. The Morgan fingerprint density at radius 3 is 2.47 bits per heavy atom. The maximum atomic E-state index is 12.9. The molecular weight excluding hydrogens is 396 g/mol. The second-order valence-corrected chi connectivity index (χ2v) is 7.32. The molecule has 1 heterocycles. The molecule has 6 nitrogen and oxygen atoms in total. The van der Waals surface area contributed by atoms with Crippen molar-refractivity contribution in [2.24, 2.45) is 0 Å². The number of benzene rings is 3. The molecule has 0 amide bonds. The number of thiazole rings is 1. The zero-order chi connectivity index (χ0) is 20.9. The second kappa shape index (κ2) is 8.47. The molecule has 1 aromatic heterocycles. The van der Waals surface area contributed by atoms with Gasteiger partial charge in [0.2, 0.25) is 5.78 Å². The smallest absolute Gasteiger partial charge is 0.206 e. The van der Waals surface area contributed by atoms with Crippen molar-refractivity contribution in [2.45, 2.75) is 0 Å². The Balaban J connectivity index is 1.50. The molecule has 0 aliphatic carbocycles. The zero-order valence-electron chi connectivity index (χ0n) is 15.7. The molecule has 0 atom stereocenters. The molecule has 30 heavy (non-hydrogen) atoms. The summed E-state index contributed by atoms with van der Waals surface area (Å²) in [5.74, 6) is 1.30. The number of nitrogens with two attached hydrogens (primary N) is 1. The summed E-state index contributed by atoms with van der Waals surface area (Å²) in [4.78, 5) is 17.5. The van der Waals surface area contributed by atoms with Crippen LogP contribution < -0.4 is 15.8 Å². The summed E-state index contributed by atoms with van der Waals surface area (Å²) in [7, 11) is 0. The van der Waals surface area contributed by atoms with Gasteiger partial charge >= 0.3 is 0 Å². The first-order valence-electron chi connectivity index (χ1n) is 9.03. The van der Waals surface area contributed by atoms with E-state index in [2.05, 4.69) is 16.4 Å². The van der Waals surface area contributed by atoms with Crippen LogP contribution in [0.5, 0.6) is 11.5 Å². The van der Waals surface area contributed by atoms with Crippen LogP contribution in [0, 0.1) is 11.3 Å². The van der Waals surface area contributed by atoms with Gasteiger partial charge in [-0.25, -0.2) is 4.98 Å². The molecule has 0 radical (unpaired) electrons. The molecule has 0 saturated carbocycles. The minimum atomic E-state index is -0.213. The van der Waals surface area contributed by atoms with Gasteiger partial charge in [0, 0.05) is 11.3 Å². The highest BCUT2D eigenvalue weighted by Crippen LogP contribution is 2.30. The number of rotatable bonds is 6. The lowest BCUT2D eigenvalue weighted by Gasteiger charge is -2.06. The van der Waals surface area contributed by atoms with Crippen LogP contribution in [0.15, 0.2) is 78.9 Å². The fourth-order valence-corrected chi connectivity index (χ4v) is 3.64.